The van der Waals surface area contributed by atoms with Crippen LogP contribution in [-0.2, 0) is 14.3 Å². The summed E-state index contributed by atoms with van der Waals surface area (Å²) in [5, 5.41) is 12.1. The monoisotopic (exact) mass is 356 g/mol. The molecular formula is C18H32N2O5. The molecule has 0 aromatic heterocycles. The highest BCUT2D eigenvalue weighted by atomic mass is 16.5. The third kappa shape index (κ3) is 6.55. The number of carboxylic acid groups (broad SMARTS) is 1. The molecule has 2 N–H and O–H groups in total. The fraction of sp³-hybridized carbons (Fsp3) is 0.833. The van der Waals surface area contributed by atoms with Crippen molar-refractivity contribution in [1.29, 1.82) is 0 Å². The molecule has 1 saturated carbocycles. The summed E-state index contributed by atoms with van der Waals surface area (Å²) in [6, 6.07) is -1.71. The van der Waals surface area contributed by atoms with Crippen LogP contribution in [0.25, 0.3) is 0 Å². The lowest BCUT2D eigenvalue weighted by atomic mass is 9.83. The lowest BCUT2D eigenvalue weighted by Crippen LogP contribution is -2.57. The van der Waals surface area contributed by atoms with Gasteiger partial charge in [-0.25, -0.2) is 9.59 Å². The maximum absolute atomic E-state index is 13.2. The normalized spacial score (nSPS) is 18.1. The lowest BCUT2D eigenvalue weighted by Gasteiger charge is -2.38. The molecular weight excluding hydrogens is 324 g/mol. The first kappa shape index (κ1) is 21.3. The maximum atomic E-state index is 13.2. The zero-order valence-electron chi connectivity index (χ0n) is 16.0. The second kappa shape index (κ2) is 9.06. The molecule has 7 heteroatoms. The minimum absolute atomic E-state index is 0.00353. The molecule has 0 aliphatic heterocycles. The van der Waals surface area contributed by atoms with Crippen molar-refractivity contribution in [2.75, 3.05) is 13.7 Å². The Labute approximate surface area is 150 Å². The van der Waals surface area contributed by atoms with Crippen molar-refractivity contribution in [1.82, 2.24) is 10.2 Å². The summed E-state index contributed by atoms with van der Waals surface area (Å²) < 4.78 is 4.67. The number of hydrogen-bond acceptors (Lipinski definition) is 4. The first-order chi connectivity index (χ1) is 11.6. The van der Waals surface area contributed by atoms with E-state index in [0.717, 1.165) is 32.1 Å². The molecule has 7 nitrogen and oxygen atoms in total. The van der Waals surface area contributed by atoms with Gasteiger partial charge >= 0.3 is 12.1 Å². The van der Waals surface area contributed by atoms with Crippen molar-refractivity contribution in [2.45, 2.75) is 71.9 Å². The summed E-state index contributed by atoms with van der Waals surface area (Å²) >= 11 is 0. The number of nitrogens with zero attached hydrogens (tertiary/aromatic N) is 1. The zero-order chi connectivity index (χ0) is 19.2. The molecule has 1 rings (SSSR count). The van der Waals surface area contributed by atoms with E-state index in [2.05, 4.69) is 10.1 Å². The van der Waals surface area contributed by atoms with Gasteiger partial charge in [-0.3, -0.25) is 4.79 Å². The van der Waals surface area contributed by atoms with Crippen molar-refractivity contribution in [3.8, 4) is 0 Å². The van der Waals surface area contributed by atoms with Gasteiger partial charge in [0.25, 0.3) is 0 Å². The fourth-order valence-corrected chi connectivity index (χ4v) is 3.26. The van der Waals surface area contributed by atoms with Gasteiger partial charge in [0.15, 0.2) is 0 Å². The van der Waals surface area contributed by atoms with Gasteiger partial charge in [-0.05, 0) is 31.1 Å². The van der Waals surface area contributed by atoms with E-state index in [1.165, 1.54) is 18.9 Å². The van der Waals surface area contributed by atoms with Crippen LogP contribution in [-0.4, -0.2) is 53.7 Å². The number of amides is 2. The molecule has 2 atom stereocenters. The maximum Gasteiger partial charge on any atom is 0.407 e. The number of rotatable bonds is 6. The van der Waals surface area contributed by atoms with Crippen LogP contribution in [0.15, 0.2) is 0 Å². The topological polar surface area (TPSA) is 95.9 Å². The first-order valence-electron chi connectivity index (χ1n) is 8.94. The molecule has 25 heavy (non-hydrogen) atoms. The van der Waals surface area contributed by atoms with Crippen molar-refractivity contribution >= 4 is 18.0 Å². The van der Waals surface area contributed by atoms with Gasteiger partial charge in [-0.15, -0.1) is 0 Å². The highest BCUT2D eigenvalue weighted by molar-refractivity contribution is 5.89. The van der Waals surface area contributed by atoms with Crippen LogP contribution < -0.4 is 5.32 Å². The average molecular weight is 356 g/mol. The standard InChI is InChI=1S/C18H32N2O5/c1-12(16(22)23)20(11-18(2,3)4)15(21)14(19-17(24)25-5)13-9-7-6-8-10-13/h12-14H,6-11H2,1-5H3,(H,19,24)(H,22,23)/t12-,14?/m0/s1. The molecule has 1 unspecified atom stereocenters. The second-order valence-electron chi connectivity index (χ2n) is 8.05. The Kier molecular flexibility index (Phi) is 7.70. The van der Waals surface area contributed by atoms with Crippen molar-refractivity contribution in [2.24, 2.45) is 11.3 Å². The Hall–Kier alpha value is -1.79. The van der Waals surface area contributed by atoms with Crippen LogP contribution in [0.3, 0.4) is 0 Å². The summed E-state index contributed by atoms with van der Waals surface area (Å²) in [5.41, 5.74) is -0.262. The number of carbonyl (C=O) groups is 3. The Morgan fingerprint density at radius 3 is 2.20 bits per heavy atom. The van der Waals surface area contributed by atoms with Crippen molar-refractivity contribution in [3.05, 3.63) is 0 Å². The van der Waals surface area contributed by atoms with Crippen LogP contribution in [0.4, 0.5) is 4.79 Å². The Bertz CT molecular complexity index is 480. The Morgan fingerprint density at radius 1 is 1.20 bits per heavy atom. The van der Waals surface area contributed by atoms with E-state index < -0.39 is 24.1 Å². The van der Waals surface area contributed by atoms with E-state index in [4.69, 9.17) is 0 Å². The molecule has 2 amide bonds. The summed E-state index contributed by atoms with van der Waals surface area (Å²) in [7, 11) is 1.25. The van der Waals surface area contributed by atoms with E-state index in [9.17, 15) is 19.5 Å². The number of carboxylic acids is 1. The predicted octanol–water partition coefficient (Wildman–Crippen LogP) is 2.64. The number of ether oxygens (including phenoxy) is 1. The molecule has 0 aromatic carbocycles. The predicted molar refractivity (Wildman–Crippen MR) is 94.2 cm³/mol. The van der Waals surface area contributed by atoms with Gasteiger partial charge < -0.3 is 20.1 Å². The van der Waals surface area contributed by atoms with E-state index >= 15 is 0 Å². The molecule has 0 radical (unpaired) electrons. The number of methoxy groups -OCH3 is 1. The highest BCUT2D eigenvalue weighted by Gasteiger charge is 2.38. The minimum atomic E-state index is -1.06. The number of carbonyl (C=O) groups excluding carboxylic acids is 2. The lowest BCUT2D eigenvalue weighted by molar-refractivity contribution is -0.152. The number of nitrogens with one attached hydrogen (secondary N) is 1. The summed E-state index contributed by atoms with van der Waals surface area (Å²) in [4.78, 5) is 37.8. The fourth-order valence-electron chi connectivity index (χ4n) is 3.26. The van der Waals surface area contributed by atoms with Crippen molar-refractivity contribution in [3.63, 3.8) is 0 Å². The largest absolute Gasteiger partial charge is 0.480 e. The van der Waals surface area contributed by atoms with Gasteiger partial charge in [0, 0.05) is 6.54 Å². The van der Waals surface area contributed by atoms with E-state index in [1.807, 2.05) is 20.8 Å². The Balaban J connectivity index is 3.09. The molecule has 0 spiro atoms. The number of alkyl carbamates (subject to hydrolysis) is 1. The quantitative estimate of drug-likeness (QED) is 0.763. The van der Waals surface area contributed by atoms with Gasteiger partial charge in [-0.1, -0.05) is 40.0 Å². The summed E-state index contributed by atoms with van der Waals surface area (Å²) in [6.45, 7) is 7.65. The van der Waals surface area contributed by atoms with Gasteiger partial charge in [-0.2, -0.15) is 0 Å². The molecule has 0 saturated heterocycles. The van der Waals surface area contributed by atoms with Crippen LogP contribution in [0, 0.1) is 11.3 Å². The Morgan fingerprint density at radius 2 is 1.76 bits per heavy atom. The highest BCUT2D eigenvalue weighted by Crippen LogP contribution is 2.29. The zero-order valence-corrected chi connectivity index (χ0v) is 16.0. The third-order valence-electron chi connectivity index (χ3n) is 4.60. The number of hydrogen-bond donors (Lipinski definition) is 2. The first-order valence-corrected chi connectivity index (χ1v) is 8.94. The van der Waals surface area contributed by atoms with E-state index in [1.54, 1.807) is 0 Å². The second-order valence-corrected chi connectivity index (χ2v) is 8.05. The van der Waals surface area contributed by atoms with Crippen molar-refractivity contribution < 1.29 is 24.2 Å². The molecule has 1 aliphatic rings. The molecule has 0 bridgehead atoms. The molecule has 1 fully saturated rings. The smallest absolute Gasteiger partial charge is 0.407 e. The van der Waals surface area contributed by atoms with Crippen LogP contribution in [0.5, 0.6) is 0 Å². The third-order valence-corrected chi connectivity index (χ3v) is 4.60. The van der Waals surface area contributed by atoms with Crippen LogP contribution in [0.2, 0.25) is 0 Å². The average Bonchev–Trinajstić information content (AvgIpc) is 2.56. The summed E-state index contributed by atoms with van der Waals surface area (Å²) in [6.07, 6.45) is 4.14. The van der Waals surface area contributed by atoms with Gasteiger partial charge in [0.1, 0.15) is 12.1 Å². The van der Waals surface area contributed by atoms with Gasteiger partial charge in [0.05, 0.1) is 7.11 Å². The molecule has 0 aromatic rings. The van der Waals surface area contributed by atoms with Gasteiger partial charge in [0.2, 0.25) is 5.91 Å². The molecule has 1 aliphatic carbocycles. The molecule has 0 heterocycles. The molecule has 144 valence electrons. The van der Waals surface area contributed by atoms with E-state index in [0.29, 0.717) is 6.54 Å². The van der Waals surface area contributed by atoms with Crippen LogP contribution >= 0.6 is 0 Å². The number of aliphatic carboxylic acids is 1. The summed E-state index contributed by atoms with van der Waals surface area (Å²) in [5.74, 6) is -1.40. The SMILES string of the molecule is COC(=O)NC(C(=O)N(CC(C)(C)C)[C@@H](C)C(=O)O)C1CCCCC1. The van der Waals surface area contributed by atoms with E-state index in [-0.39, 0.29) is 17.2 Å². The van der Waals surface area contributed by atoms with Crippen LogP contribution in [0.1, 0.15) is 59.8 Å². The minimum Gasteiger partial charge on any atom is -0.480 e.